The second kappa shape index (κ2) is 6.27. The van der Waals surface area contributed by atoms with Gasteiger partial charge in [-0.15, -0.1) is 0 Å². The average Bonchev–Trinajstić information content (AvgIpc) is 2.99. The van der Waals surface area contributed by atoms with E-state index in [0.29, 0.717) is 29.5 Å². The summed E-state index contributed by atoms with van der Waals surface area (Å²) in [6.07, 6.45) is 6.85. The van der Waals surface area contributed by atoms with Gasteiger partial charge in [0.05, 0.1) is 0 Å². The molecule has 4 rings (SSSR count). The third-order valence-corrected chi connectivity index (χ3v) is 13.5. The number of hydrogen-bond donors (Lipinski definition) is 0. The van der Waals surface area contributed by atoms with Crippen LogP contribution in [0.2, 0.25) is 18.1 Å². The minimum Gasteiger partial charge on any atom is -0.414 e. The number of allylic oxidation sites excluding steroid dienone is 2. The van der Waals surface area contributed by atoms with E-state index in [1.165, 1.54) is 25.1 Å². The number of ketones is 1. The Bertz CT molecular complexity index is 664. The van der Waals surface area contributed by atoms with Gasteiger partial charge in [-0.05, 0) is 88.2 Å². The molecule has 2 saturated carbocycles. The van der Waals surface area contributed by atoms with Crippen molar-refractivity contribution in [3.8, 4) is 0 Å². The summed E-state index contributed by atoms with van der Waals surface area (Å²) in [7, 11) is 0.401. The molecule has 0 aromatic heterocycles. The van der Waals surface area contributed by atoms with Crippen LogP contribution in [0.25, 0.3) is 0 Å². The normalized spacial score (nSPS) is 42.6. The molecule has 1 aliphatic heterocycles. The molecule has 6 atom stereocenters. The molecule has 1 spiro atoms. The monoisotopic (exact) mass is 389 g/mol. The maximum atomic E-state index is 13.5. The van der Waals surface area contributed by atoms with Crippen LogP contribution in [0.5, 0.6) is 0 Å². The van der Waals surface area contributed by atoms with Crippen molar-refractivity contribution in [2.75, 3.05) is 20.1 Å². The number of fused-ring (bicyclic) bond motifs is 2. The fourth-order valence-electron chi connectivity index (χ4n) is 6.77. The van der Waals surface area contributed by atoms with E-state index >= 15 is 0 Å². The van der Waals surface area contributed by atoms with Gasteiger partial charge in [-0.1, -0.05) is 26.3 Å². The smallest absolute Gasteiger partial charge is 0.192 e. The van der Waals surface area contributed by atoms with Crippen molar-refractivity contribution < 1.29 is 9.22 Å². The molecule has 4 aliphatic rings. The summed E-state index contributed by atoms with van der Waals surface area (Å²) in [5.74, 6) is 2.76. The Morgan fingerprint density at radius 1 is 1.30 bits per heavy atom. The second-order valence-corrected chi connectivity index (χ2v) is 16.4. The second-order valence-electron chi connectivity index (χ2n) is 11.7. The van der Waals surface area contributed by atoms with E-state index in [2.05, 4.69) is 52.7 Å². The molecule has 0 bridgehead atoms. The first-order valence-corrected chi connectivity index (χ1v) is 13.9. The van der Waals surface area contributed by atoms with Crippen LogP contribution in [0.3, 0.4) is 0 Å². The molecular weight excluding hydrogens is 350 g/mol. The van der Waals surface area contributed by atoms with Gasteiger partial charge in [-0.3, -0.25) is 4.79 Å². The van der Waals surface area contributed by atoms with Crippen molar-refractivity contribution in [3.63, 3.8) is 0 Å². The highest BCUT2D eigenvalue weighted by Gasteiger charge is 2.68. The van der Waals surface area contributed by atoms with Crippen LogP contribution in [0.1, 0.15) is 53.4 Å². The molecule has 0 aromatic carbocycles. The largest absolute Gasteiger partial charge is 0.414 e. The highest BCUT2D eigenvalue weighted by atomic mass is 28.4. The summed E-state index contributed by atoms with van der Waals surface area (Å²) in [5, 5.41) is 0.219. The lowest BCUT2D eigenvalue weighted by molar-refractivity contribution is -0.129. The van der Waals surface area contributed by atoms with Crippen LogP contribution >= 0.6 is 0 Å². The molecule has 4 heteroatoms. The van der Waals surface area contributed by atoms with Crippen molar-refractivity contribution in [1.29, 1.82) is 0 Å². The van der Waals surface area contributed by atoms with Gasteiger partial charge in [0.2, 0.25) is 0 Å². The van der Waals surface area contributed by atoms with Crippen molar-refractivity contribution in [2.24, 2.45) is 29.1 Å². The van der Waals surface area contributed by atoms with Crippen LogP contribution in [-0.2, 0) is 9.22 Å². The highest BCUT2D eigenvalue weighted by molar-refractivity contribution is 6.74. The lowest BCUT2D eigenvalue weighted by Gasteiger charge is -2.43. The van der Waals surface area contributed by atoms with Crippen LogP contribution in [0.15, 0.2) is 11.6 Å². The summed E-state index contributed by atoms with van der Waals surface area (Å²) in [6.45, 7) is 16.3. The minimum absolute atomic E-state index is 0.118. The molecule has 3 nitrogen and oxygen atoms in total. The zero-order valence-electron chi connectivity index (χ0n) is 18.5. The number of likely N-dealkylation sites (tertiary alicyclic amines) is 1. The maximum Gasteiger partial charge on any atom is 0.192 e. The molecule has 0 N–H and O–H groups in total. The Hall–Kier alpha value is -0.453. The van der Waals surface area contributed by atoms with Crippen LogP contribution in [0, 0.1) is 29.1 Å². The highest BCUT2D eigenvalue weighted by Crippen LogP contribution is 2.67. The van der Waals surface area contributed by atoms with E-state index < -0.39 is 8.32 Å². The van der Waals surface area contributed by atoms with Gasteiger partial charge in [-0.25, -0.2) is 0 Å². The lowest BCUT2D eigenvalue weighted by atomic mass is 9.64. The lowest BCUT2D eigenvalue weighted by Crippen LogP contribution is -2.48. The van der Waals surface area contributed by atoms with Crippen molar-refractivity contribution in [3.05, 3.63) is 11.6 Å². The van der Waals surface area contributed by atoms with Gasteiger partial charge in [0.1, 0.15) is 0 Å². The molecular formula is C23H39NO2Si. The van der Waals surface area contributed by atoms with Gasteiger partial charge in [0, 0.05) is 24.0 Å². The summed E-state index contributed by atoms with van der Waals surface area (Å²) < 4.78 is 7.07. The number of piperidine rings is 1. The zero-order valence-corrected chi connectivity index (χ0v) is 19.5. The summed E-state index contributed by atoms with van der Waals surface area (Å²) in [4.78, 5) is 16.0. The van der Waals surface area contributed by atoms with Gasteiger partial charge in [0.15, 0.2) is 14.1 Å². The Labute approximate surface area is 167 Å². The van der Waals surface area contributed by atoms with Gasteiger partial charge in [0.25, 0.3) is 0 Å². The topological polar surface area (TPSA) is 29.5 Å². The quantitative estimate of drug-likeness (QED) is 0.630. The fourth-order valence-corrected chi connectivity index (χ4v) is 8.12. The minimum atomic E-state index is -1.85. The number of carbonyl (C=O) groups is 1. The predicted octanol–water partition coefficient (Wildman–Crippen LogP) is 4.89. The first-order chi connectivity index (χ1) is 12.5. The Kier molecular flexibility index (Phi) is 4.61. The average molecular weight is 390 g/mol. The van der Waals surface area contributed by atoms with E-state index in [0.717, 1.165) is 19.3 Å². The fraction of sp³-hybridized carbons (Fsp3) is 0.870. The molecule has 0 radical (unpaired) electrons. The van der Waals surface area contributed by atoms with E-state index in [9.17, 15) is 4.79 Å². The van der Waals surface area contributed by atoms with Crippen molar-refractivity contribution in [2.45, 2.75) is 77.6 Å². The van der Waals surface area contributed by atoms with Crippen molar-refractivity contribution >= 4 is 14.1 Å². The molecule has 0 unspecified atom stereocenters. The summed E-state index contributed by atoms with van der Waals surface area (Å²) >= 11 is 0. The van der Waals surface area contributed by atoms with Gasteiger partial charge in [-0.2, -0.15) is 0 Å². The molecule has 152 valence electrons. The molecule has 3 aliphatic carbocycles. The standard InChI is InChI=1S/C23H39NO2Si/c1-15-10-17-12-19(26-27(6,7)22(2,3)4)21-18-8-9-24(5)14-16(18)13-23(17,21)20(25)11-15/h11,16-19,21H,8-10,12-14H2,1-7H3/t16-,17+,18+,19+,21+,23-/m1/s1. The third-order valence-electron chi connectivity index (χ3n) is 8.95. The Morgan fingerprint density at radius 2 is 2.00 bits per heavy atom. The van der Waals surface area contributed by atoms with Crippen molar-refractivity contribution in [1.82, 2.24) is 4.90 Å². The van der Waals surface area contributed by atoms with Gasteiger partial charge >= 0.3 is 0 Å². The van der Waals surface area contributed by atoms with Crippen LogP contribution in [-0.4, -0.2) is 45.2 Å². The first-order valence-electron chi connectivity index (χ1n) is 11.0. The SMILES string of the molecule is CC1=CC(=O)[C@]23C[C@@H]4CN(C)CC[C@@H]4[C@H]2[C@@H](O[Si](C)(C)C(C)(C)C)C[C@@H]3C1. The molecule has 0 aromatic rings. The zero-order chi connectivity index (χ0) is 19.8. The Balaban J connectivity index is 1.71. The molecule has 27 heavy (non-hydrogen) atoms. The number of nitrogens with zero attached hydrogens (tertiary/aromatic N) is 1. The molecule has 0 amide bonds. The van der Waals surface area contributed by atoms with E-state index in [1.807, 2.05) is 6.08 Å². The number of carbonyl (C=O) groups excluding carboxylic acids is 1. The number of rotatable bonds is 2. The summed E-state index contributed by atoms with van der Waals surface area (Å²) in [6, 6.07) is 0. The third kappa shape index (κ3) is 2.93. The molecule has 3 fully saturated rings. The van der Waals surface area contributed by atoms with E-state index in [-0.39, 0.29) is 16.6 Å². The van der Waals surface area contributed by atoms with E-state index in [1.54, 1.807) is 0 Å². The first kappa shape index (κ1) is 19.8. The van der Waals surface area contributed by atoms with Crippen LogP contribution < -0.4 is 0 Å². The predicted molar refractivity (Wildman–Crippen MR) is 113 cm³/mol. The van der Waals surface area contributed by atoms with Crippen LogP contribution in [0.4, 0.5) is 0 Å². The molecule has 1 heterocycles. The number of hydrogen-bond acceptors (Lipinski definition) is 3. The van der Waals surface area contributed by atoms with Gasteiger partial charge < -0.3 is 9.33 Å². The Morgan fingerprint density at radius 3 is 2.67 bits per heavy atom. The molecule has 1 saturated heterocycles. The summed E-state index contributed by atoms with van der Waals surface area (Å²) in [5.41, 5.74) is 1.17. The van der Waals surface area contributed by atoms with E-state index in [4.69, 9.17) is 4.43 Å². The maximum absolute atomic E-state index is 13.5.